The third-order valence-electron chi connectivity index (χ3n) is 21.3. The highest BCUT2D eigenvalue weighted by atomic mass is 16.3. The number of hydrogen-bond acceptors (Lipinski definition) is 17. The number of aromatic amines is 1. The number of hydrogen-bond donors (Lipinski definition) is 1. The van der Waals surface area contributed by atoms with Crippen molar-refractivity contribution in [3.8, 4) is 22.7 Å². The molecule has 548 valence electrons. The van der Waals surface area contributed by atoms with E-state index in [-0.39, 0.29) is 52.5 Å². The van der Waals surface area contributed by atoms with E-state index in [0.717, 1.165) is 157 Å². The van der Waals surface area contributed by atoms with E-state index in [1.54, 1.807) is 75.6 Å². The number of aromatic nitrogens is 11. The van der Waals surface area contributed by atoms with Crippen molar-refractivity contribution in [2.24, 2.45) is 0 Å². The Morgan fingerprint density at radius 1 is 0.547 bits per heavy atom. The van der Waals surface area contributed by atoms with Crippen LogP contribution in [0, 0.1) is 20.8 Å². The van der Waals surface area contributed by atoms with E-state index in [1.165, 1.54) is 12.8 Å². The lowest BCUT2D eigenvalue weighted by Crippen LogP contribution is -2.46. The van der Waals surface area contributed by atoms with Crippen molar-refractivity contribution in [1.29, 1.82) is 0 Å². The molecule has 12 heterocycles. The summed E-state index contributed by atoms with van der Waals surface area (Å²) in [6.07, 6.45) is 29.2. The molecule has 0 unspecified atom stereocenters. The molecule has 0 radical (unpaired) electrons. The minimum Gasteiger partial charge on any atom is -0.463 e. The monoisotopic (exact) mass is 1430 g/mol. The molecule has 3 saturated heterocycles. The Hall–Kier alpha value is -11.4. The number of amides is 3. The molecule has 0 bridgehead atoms. The van der Waals surface area contributed by atoms with Crippen LogP contribution >= 0.6 is 0 Å². The van der Waals surface area contributed by atoms with Crippen molar-refractivity contribution < 1.29 is 18.8 Å². The molecule has 15 rings (SSSR count). The Kier molecular flexibility index (Phi) is 21.7. The molecule has 0 atom stereocenters. The van der Waals surface area contributed by atoms with E-state index in [9.17, 15) is 28.8 Å². The van der Waals surface area contributed by atoms with Crippen LogP contribution in [0.1, 0.15) is 147 Å². The number of carbonyl (C=O) groups is 3. The smallest absolute Gasteiger partial charge is 0.275 e. The van der Waals surface area contributed by atoms with Gasteiger partial charge in [-0.1, -0.05) is 41.5 Å². The summed E-state index contributed by atoms with van der Waals surface area (Å²) >= 11 is 0. The maximum absolute atomic E-state index is 13.7. The van der Waals surface area contributed by atoms with Crippen LogP contribution in [-0.2, 0) is 32.5 Å². The lowest BCUT2D eigenvalue weighted by Gasteiger charge is -2.37. The highest BCUT2D eigenvalue weighted by Gasteiger charge is 2.35. The van der Waals surface area contributed by atoms with Crippen LogP contribution in [0.25, 0.3) is 45.8 Å². The van der Waals surface area contributed by atoms with Gasteiger partial charge in [0.05, 0.1) is 28.6 Å². The first-order chi connectivity index (χ1) is 51.2. The van der Waals surface area contributed by atoms with Gasteiger partial charge < -0.3 is 52.5 Å². The first-order valence-corrected chi connectivity index (χ1v) is 36.6. The van der Waals surface area contributed by atoms with Gasteiger partial charge in [0.1, 0.15) is 47.1 Å². The van der Waals surface area contributed by atoms with E-state index in [0.29, 0.717) is 82.9 Å². The molecule has 1 N–H and O–H groups in total. The topological polar surface area (TPSA) is 256 Å². The number of nitrogens with zero attached hydrogens (tertiary/aromatic N) is 16. The van der Waals surface area contributed by atoms with Gasteiger partial charge in [0.2, 0.25) is 0 Å². The molecule has 9 aromatic rings. The molecule has 0 spiro atoms. The van der Waals surface area contributed by atoms with Crippen molar-refractivity contribution in [3.05, 3.63) is 234 Å². The van der Waals surface area contributed by atoms with Gasteiger partial charge in [0.15, 0.2) is 5.76 Å². The number of fused-ring (bicyclic) bond motifs is 3. The maximum Gasteiger partial charge on any atom is 0.275 e. The molecule has 3 amide bonds. The summed E-state index contributed by atoms with van der Waals surface area (Å²) in [5.74, 6) is 4.80. The van der Waals surface area contributed by atoms with E-state index in [2.05, 4.69) is 75.4 Å². The van der Waals surface area contributed by atoms with Crippen LogP contribution in [0.3, 0.4) is 0 Å². The predicted molar refractivity (Wildman–Crippen MR) is 414 cm³/mol. The minimum absolute atomic E-state index is 0.0405. The third kappa shape index (κ3) is 15.4. The summed E-state index contributed by atoms with van der Waals surface area (Å²) in [6, 6.07) is 15.9. The van der Waals surface area contributed by atoms with Gasteiger partial charge in [-0.05, 0) is 140 Å². The molecule has 24 nitrogen and oxygen atoms in total. The third-order valence-corrected chi connectivity index (χ3v) is 21.3. The number of H-pyrrole nitrogens is 1. The fraction of sp³-hybridized carbons (Fsp3) is 0.378. The first-order valence-electron chi connectivity index (χ1n) is 36.6. The fourth-order valence-corrected chi connectivity index (χ4v) is 15.3. The Bertz CT molecular complexity index is 5110. The van der Waals surface area contributed by atoms with Gasteiger partial charge in [0, 0.05) is 186 Å². The second kappa shape index (κ2) is 31.5. The zero-order valence-electron chi connectivity index (χ0n) is 61.9. The van der Waals surface area contributed by atoms with Crippen molar-refractivity contribution in [2.45, 2.75) is 143 Å². The predicted octanol–water partition coefficient (Wildman–Crippen LogP) is 11.2. The number of allylic oxidation sites excluding steroid dienone is 5. The van der Waals surface area contributed by atoms with Crippen molar-refractivity contribution in [1.82, 2.24) is 68.3 Å². The van der Waals surface area contributed by atoms with E-state index in [4.69, 9.17) is 9.40 Å². The minimum atomic E-state index is -0.138. The number of rotatable bonds is 18. The van der Waals surface area contributed by atoms with E-state index in [1.807, 2.05) is 125 Å². The van der Waals surface area contributed by atoms with Gasteiger partial charge in [-0.2, -0.15) is 0 Å². The molecular formula is C82H93N17O7. The molecule has 3 aliphatic heterocycles. The summed E-state index contributed by atoms with van der Waals surface area (Å²) in [6.45, 7) is 27.1. The van der Waals surface area contributed by atoms with Gasteiger partial charge in [-0.15, -0.1) is 19.7 Å². The van der Waals surface area contributed by atoms with E-state index < -0.39 is 0 Å². The first kappa shape index (κ1) is 72.9. The van der Waals surface area contributed by atoms with Crippen molar-refractivity contribution >= 4 is 58.2 Å². The number of furan rings is 1. The zero-order chi connectivity index (χ0) is 74.6. The largest absolute Gasteiger partial charge is 0.463 e. The molecule has 4 fully saturated rings. The number of nitrogens with one attached hydrogen (secondary N) is 1. The van der Waals surface area contributed by atoms with Gasteiger partial charge in [-0.3, -0.25) is 33.8 Å². The summed E-state index contributed by atoms with van der Waals surface area (Å²) in [5.41, 5.74) is 12.5. The SMILES string of the molecule is C=CCn1cc(C(=O)N(C)C2CCN(c3cc(-c4cccnc4C)ncn3)CC2)c2c(c1=O)CC(C)=C2.C=CCn1cc(C(=O)N(C)C2CCN(c3cc(-c4ccco4)ncn3)CC2)c2c(c1=O)CC(C)=C2.C=CCn1cc(C(=O)N(C)C2CCN(c3cc(C)nc(C4CC4)n3)CC2)c2cc(C)[nH]c2c1=O. The molecule has 106 heavy (non-hydrogen) atoms. The van der Waals surface area contributed by atoms with E-state index >= 15 is 0 Å². The Labute approximate surface area is 616 Å². The van der Waals surface area contributed by atoms with Crippen LogP contribution in [0.4, 0.5) is 17.5 Å². The Morgan fingerprint density at radius 2 is 1.02 bits per heavy atom. The normalized spacial score (nSPS) is 15.9. The molecule has 24 heteroatoms. The number of anilines is 3. The van der Waals surface area contributed by atoms with Crippen LogP contribution in [0.2, 0.25) is 0 Å². The molecule has 1 saturated carbocycles. The maximum atomic E-state index is 13.7. The fourth-order valence-electron chi connectivity index (χ4n) is 15.3. The molecule has 6 aliphatic rings. The van der Waals surface area contributed by atoms with Crippen LogP contribution in [0.15, 0.2) is 160 Å². The zero-order valence-corrected chi connectivity index (χ0v) is 61.9. The quantitative estimate of drug-likeness (QED) is 0.0783. The number of carbonyl (C=O) groups excluding carboxylic acids is 3. The Morgan fingerprint density at radius 3 is 1.50 bits per heavy atom. The summed E-state index contributed by atoms with van der Waals surface area (Å²) in [7, 11) is 5.61. The summed E-state index contributed by atoms with van der Waals surface area (Å²) in [5, 5.41) is 0.682. The number of piperidine rings is 3. The molecule has 0 aromatic carbocycles. The lowest BCUT2D eigenvalue weighted by molar-refractivity contribution is 0.0700. The average molecular weight is 1430 g/mol. The van der Waals surface area contributed by atoms with Gasteiger partial charge in [0.25, 0.3) is 34.4 Å². The second-order valence-corrected chi connectivity index (χ2v) is 28.8. The summed E-state index contributed by atoms with van der Waals surface area (Å²) in [4.78, 5) is 126. The summed E-state index contributed by atoms with van der Waals surface area (Å²) < 4.78 is 10.2. The number of pyridine rings is 4. The molecular weight excluding hydrogens is 1340 g/mol. The highest BCUT2D eigenvalue weighted by molar-refractivity contribution is 6.06. The van der Waals surface area contributed by atoms with Crippen molar-refractivity contribution in [2.75, 3.05) is 75.1 Å². The van der Waals surface area contributed by atoms with Crippen LogP contribution in [0.5, 0.6) is 0 Å². The number of aryl methyl sites for hydroxylation is 3. The highest BCUT2D eigenvalue weighted by Crippen LogP contribution is 2.39. The van der Waals surface area contributed by atoms with Gasteiger partial charge in [-0.25, -0.2) is 29.9 Å². The van der Waals surface area contributed by atoms with Gasteiger partial charge >= 0.3 is 0 Å². The van der Waals surface area contributed by atoms with Crippen molar-refractivity contribution in [3.63, 3.8) is 0 Å². The van der Waals surface area contributed by atoms with Crippen LogP contribution < -0.4 is 31.4 Å². The molecule has 3 aliphatic carbocycles. The van der Waals surface area contributed by atoms with Crippen LogP contribution in [-0.4, -0.2) is 165 Å². The Balaban J connectivity index is 0.000000141. The second-order valence-electron chi connectivity index (χ2n) is 28.8. The standard InChI is InChI=1S/C29H32N6O2.C27H29N5O3.C26H32N6O2/c1-5-11-35-17-25(23-14-19(2)15-24(23)29(35)37)28(36)33(4)21-8-12-34(13-9-21)27-16-26(31-18-32-27)22-7-6-10-30-20(22)3;1-4-9-32-16-22(20-13-18(2)14-21(20)27(32)34)26(33)30(3)19-7-10-31(11-8-19)25-15-23(28-17-29-25)24-6-5-12-35-24;1-5-10-32-15-21(20-13-16(2)27-23(20)26(32)34)25(33)30(4)19-8-11-31(12-9-19)22-14-17(3)28-24(29-22)18-6-7-18/h5-7,10,14,16-18,21H,1,8-9,11-13,15H2,2-4H3;4-6,12-13,15-17,19H,1,7-11,14H2,2-3H3;5,13-15,18-19,27H,1,6-12H2,2-4H3. The molecule has 9 aromatic heterocycles. The average Bonchev–Trinajstić information content (AvgIpc) is 1.56. The lowest BCUT2D eigenvalue weighted by atomic mass is 10.0.